The molecule has 1 saturated heterocycles. The highest BCUT2D eigenvalue weighted by Gasteiger charge is 2.26. The first kappa shape index (κ1) is 19.2. The van der Waals surface area contributed by atoms with Crippen LogP contribution >= 0.6 is 0 Å². The smallest absolute Gasteiger partial charge is 0.0456 e. The standard InChI is InChI=1S/C24H31N3O/c28-16-12-23-19-26(18-22-17-21-10-4-5-11-24(21)25-22)14-15-27(23)13-6-9-20-7-2-1-3-8-20/h1-5,7-8,10-11,17,23,25,28H,6,9,12-16,18-19H2/t23-/m1/s1. The molecule has 28 heavy (non-hydrogen) atoms. The van der Waals surface area contributed by atoms with Crippen molar-refractivity contribution in [1.29, 1.82) is 0 Å². The summed E-state index contributed by atoms with van der Waals surface area (Å²) in [6, 6.07) is 21.9. The maximum Gasteiger partial charge on any atom is 0.0456 e. The second kappa shape index (κ2) is 9.37. The molecule has 4 rings (SSSR count). The fourth-order valence-electron chi connectivity index (χ4n) is 4.41. The third kappa shape index (κ3) is 4.82. The minimum absolute atomic E-state index is 0.264. The summed E-state index contributed by atoms with van der Waals surface area (Å²) in [5, 5.41) is 10.8. The predicted molar refractivity (Wildman–Crippen MR) is 115 cm³/mol. The Hall–Kier alpha value is -2.14. The number of hydrogen-bond acceptors (Lipinski definition) is 3. The van der Waals surface area contributed by atoms with Crippen LogP contribution in [0, 0.1) is 0 Å². The Morgan fingerprint density at radius 2 is 1.82 bits per heavy atom. The normalized spacial score (nSPS) is 18.7. The van der Waals surface area contributed by atoms with Crippen molar-refractivity contribution in [3.8, 4) is 0 Å². The predicted octanol–water partition coefficient (Wildman–Crippen LogP) is 3.67. The number of aliphatic hydroxyl groups excluding tert-OH is 1. The van der Waals surface area contributed by atoms with Crippen LogP contribution < -0.4 is 0 Å². The minimum Gasteiger partial charge on any atom is -0.396 e. The first-order chi connectivity index (χ1) is 13.8. The number of rotatable bonds is 8. The Kier molecular flexibility index (Phi) is 6.42. The van der Waals surface area contributed by atoms with Crippen LogP contribution in [0.2, 0.25) is 0 Å². The lowest BCUT2D eigenvalue weighted by atomic mass is 10.1. The van der Waals surface area contributed by atoms with E-state index in [1.54, 1.807) is 0 Å². The zero-order valence-electron chi connectivity index (χ0n) is 16.6. The average Bonchev–Trinajstić information content (AvgIpc) is 3.13. The fraction of sp³-hybridized carbons (Fsp3) is 0.417. The van der Waals surface area contributed by atoms with Gasteiger partial charge in [-0.25, -0.2) is 0 Å². The van der Waals surface area contributed by atoms with E-state index in [-0.39, 0.29) is 6.61 Å². The second-order valence-electron chi connectivity index (χ2n) is 7.91. The van der Waals surface area contributed by atoms with Gasteiger partial charge in [0.2, 0.25) is 0 Å². The number of hydrogen-bond donors (Lipinski definition) is 2. The van der Waals surface area contributed by atoms with E-state index in [1.165, 1.54) is 28.6 Å². The summed E-state index contributed by atoms with van der Waals surface area (Å²) in [6.45, 7) is 5.53. The van der Waals surface area contributed by atoms with Crippen LogP contribution in [0.5, 0.6) is 0 Å². The monoisotopic (exact) mass is 377 g/mol. The molecule has 1 aliphatic rings. The van der Waals surface area contributed by atoms with Crippen LogP contribution in [0.15, 0.2) is 60.7 Å². The van der Waals surface area contributed by atoms with Crippen LogP contribution in [-0.4, -0.2) is 58.7 Å². The lowest BCUT2D eigenvalue weighted by Crippen LogP contribution is -2.53. The highest BCUT2D eigenvalue weighted by Crippen LogP contribution is 2.19. The van der Waals surface area contributed by atoms with Gasteiger partial charge in [0, 0.05) is 50.0 Å². The molecule has 4 heteroatoms. The molecule has 1 aromatic heterocycles. The van der Waals surface area contributed by atoms with Gasteiger partial charge in [-0.1, -0.05) is 48.5 Å². The molecule has 0 aliphatic carbocycles. The van der Waals surface area contributed by atoms with Gasteiger partial charge in [-0.2, -0.15) is 0 Å². The van der Waals surface area contributed by atoms with Crippen molar-refractivity contribution >= 4 is 10.9 Å². The number of para-hydroxylation sites is 1. The zero-order valence-corrected chi connectivity index (χ0v) is 16.6. The summed E-state index contributed by atoms with van der Waals surface area (Å²) in [5.41, 5.74) is 3.91. The Labute approximate surface area is 167 Å². The van der Waals surface area contributed by atoms with Crippen LogP contribution in [-0.2, 0) is 13.0 Å². The van der Waals surface area contributed by atoms with Gasteiger partial charge in [0.1, 0.15) is 0 Å². The van der Waals surface area contributed by atoms with Crippen LogP contribution in [0.4, 0.5) is 0 Å². The van der Waals surface area contributed by atoms with Crippen molar-refractivity contribution in [1.82, 2.24) is 14.8 Å². The largest absolute Gasteiger partial charge is 0.396 e. The number of nitrogens with zero attached hydrogens (tertiary/aromatic N) is 2. The van der Waals surface area contributed by atoms with Gasteiger partial charge in [-0.05, 0) is 48.9 Å². The highest BCUT2D eigenvalue weighted by molar-refractivity contribution is 5.80. The first-order valence-corrected chi connectivity index (χ1v) is 10.5. The van der Waals surface area contributed by atoms with Crippen LogP contribution in [0.25, 0.3) is 10.9 Å². The quantitative estimate of drug-likeness (QED) is 0.629. The molecular formula is C24H31N3O. The number of H-pyrrole nitrogens is 1. The number of aliphatic hydroxyl groups is 1. The van der Waals surface area contributed by atoms with Gasteiger partial charge in [0.25, 0.3) is 0 Å². The zero-order chi connectivity index (χ0) is 19.2. The number of aromatic amines is 1. The molecule has 0 radical (unpaired) electrons. The molecule has 0 amide bonds. The maximum absolute atomic E-state index is 9.56. The molecular weight excluding hydrogens is 346 g/mol. The molecule has 2 N–H and O–H groups in total. The lowest BCUT2D eigenvalue weighted by molar-refractivity contribution is 0.0542. The molecule has 1 aliphatic heterocycles. The summed E-state index contributed by atoms with van der Waals surface area (Å²) >= 11 is 0. The SMILES string of the molecule is OCC[C@@H]1CN(Cc2cc3ccccc3[nH]2)CCN1CCCc1ccccc1. The molecule has 2 heterocycles. The van der Waals surface area contributed by atoms with Gasteiger partial charge in [-0.15, -0.1) is 0 Å². The maximum atomic E-state index is 9.56. The van der Waals surface area contributed by atoms with Gasteiger partial charge in [0.05, 0.1) is 0 Å². The minimum atomic E-state index is 0.264. The average molecular weight is 378 g/mol. The lowest BCUT2D eigenvalue weighted by Gasteiger charge is -2.41. The van der Waals surface area contributed by atoms with Crippen molar-refractivity contribution in [2.75, 3.05) is 32.8 Å². The van der Waals surface area contributed by atoms with Gasteiger partial charge < -0.3 is 10.1 Å². The Bertz CT molecular complexity index is 827. The molecule has 0 unspecified atom stereocenters. The molecule has 2 aromatic carbocycles. The molecule has 1 fully saturated rings. The molecule has 0 spiro atoms. The van der Waals surface area contributed by atoms with E-state index in [1.807, 2.05) is 0 Å². The summed E-state index contributed by atoms with van der Waals surface area (Å²) < 4.78 is 0. The number of piperazine rings is 1. The van der Waals surface area contributed by atoms with E-state index in [4.69, 9.17) is 0 Å². The first-order valence-electron chi connectivity index (χ1n) is 10.5. The van der Waals surface area contributed by atoms with E-state index in [2.05, 4.69) is 75.4 Å². The molecule has 148 valence electrons. The Balaban J connectivity index is 1.31. The fourth-order valence-corrected chi connectivity index (χ4v) is 4.41. The topological polar surface area (TPSA) is 42.5 Å². The van der Waals surface area contributed by atoms with Crippen LogP contribution in [0.3, 0.4) is 0 Å². The van der Waals surface area contributed by atoms with Crippen LogP contribution in [0.1, 0.15) is 24.1 Å². The summed E-state index contributed by atoms with van der Waals surface area (Å²) in [6.07, 6.45) is 3.16. The summed E-state index contributed by atoms with van der Waals surface area (Å²) in [7, 11) is 0. The molecule has 0 saturated carbocycles. The highest BCUT2D eigenvalue weighted by atomic mass is 16.3. The van der Waals surface area contributed by atoms with E-state index in [0.717, 1.165) is 45.6 Å². The number of nitrogens with one attached hydrogen (secondary N) is 1. The van der Waals surface area contributed by atoms with Gasteiger partial charge in [-0.3, -0.25) is 9.80 Å². The van der Waals surface area contributed by atoms with Crippen molar-refractivity contribution < 1.29 is 5.11 Å². The Morgan fingerprint density at radius 1 is 1.00 bits per heavy atom. The van der Waals surface area contributed by atoms with Crippen molar-refractivity contribution in [2.45, 2.75) is 31.8 Å². The van der Waals surface area contributed by atoms with Crippen molar-refractivity contribution in [2.24, 2.45) is 0 Å². The second-order valence-corrected chi connectivity index (χ2v) is 7.91. The third-order valence-corrected chi connectivity index (χ3v) is 5.88. The van der Waals surface area contributed by atoms with E-state index in [0.29, 0.717) is 6.04 Å². The molecule has 0 bridgehead atoms. The van der Waals surface area contributed by atoms with E-state index < -0.39 is 0 Å². The van der Waals surface area contributed by atoms with E-state index >= 15 is 0 Å². The number of benzene rings is 2. The summed E-state index contributed by atoms with van der Waals surface area (Å²) in [4.78, 5) is 8.66. The van der Waals surface area contributed by atoms with Crippen molar-refractivity contribution in [3.05, 3.63) is 71.9 Å². The van der Waals surface area contributed by atoms with Gasteiger partial charge >= 0.3 is 0 Å². The number of fused-ring (bicyclic) bond motifs is 1. The molecule has 1 atom stereocenters. The van der Waals surface area contributed by atoms with E-state index in [9.17, 15) is 5.11 Å². The third-order valence-electron chi connectivity index (χ3n) is 5.88. The van der Waals surface area contributed by atoms with Gasteiger partial charge in [0.15, 0.2) is 0 Å². The summed E-state index contributed by atoms with van der Waals surface area (Å²) in [5.74, 6) is 0. The van der Waals surface area contributed by atoms with Crippen molar-refractivity contribution in [3.63, 3.8) is 0 Å². The molecule has 4 nitrogen and oxygen atoms in total. The number of aryl methyl sites for hydroxylation is 1. The number of aromatic nitrogens is 1. The molecule has 3 aromatic rings. The Morgan fingerprint density at radius 3 is 2.64 bits per heavy atom.